The van der Waals surface area contributed by atoms with Crippen molar-refractivity contribution in [3.05, 3.63) is 36.5 Å². The monoisotopic (exact) mass is 413 g/mol. The van der Waals surface area contributed by atoms with Crippen LogP contribution in [0.15, 0.2) is 36.5 Å². The van der Waals surface area contributed by atoms with Gasteiger partial charge in [-0.2, -0.15) is 0 Å². The maximum Gasteiger partial charge on any atom is 0.407 e. The van der Waals surface area contributed by atoms with Gasteiger partial charge in [-0.25, -0.2) is 14.8 Å². The van der Waals surface area contributed by atoms with Gasteiger partial charge in [-0.1, -0.05) is 12.1 Å². The molecule has 0 bridgehead atoms. The molecule has 160 valence electrons. The lowest BCUT2D eigenvalue weighted by Crippen LogP contribution is -2.39. The SMILES string of the molecule is CCNC(=O)O[C@@H]1CO[C@H]2[C@@H]1OC[C@@H]2Nc1nccc(-c2ccc(N(C)C)cc2)n1. The van der Waals surface area contributed by atoms with Gasteiger partial charge in [0.05, 0.1) is 24.9 Å². The summed E-state index contributed by atoms with van der Waals surface area (Å²) < 4.78 is 17.1. The number of nitrogens with zero attached hydrogens (tertiary/aromatic N) is 3. The van der Waals surface area contributed by atoms with E-state index in [1.54, 1.807) is 6.20 Å². The van der Waals surface area contributed by atoms with Crippen LogP contribution in [0.3, 0.4) is 0 Å². The number of hydrogen-bond donors (Lipinski definition) is 2. The van der Waals surface area contributed by atoms with Crippen molar-refractivity contribution in [3.8, 4) is 11.3 Å². The van der Waals surface area contributed by atoms with Gasteiger partial charge in [0, 0.05) is 38.1 Å². The molecule has 1 aromatic carbocycles. The summed E-state index contributed by atoms with van der Waals surface area (Å²) in [6.45, 7) is 3.09. The number of alkyl carbamates (subject to hydrolysis) is 1. The first-order valence-corrected chi connectivity index (χ1v) is 10.1. The molecule has 30 heavy (non-hydrogen) atoms. The van der Waals surface area contributed by atoms with Gasteiger partial charge < -0.3 is 29.7 Å². The molecule has 1 amide bonds. The average Bonchev–Trinajstić information content (AvgIpc) is 3.32. The predicted octanol–water partition coefficient (Wildman–Crippen LogP) is 1.90. The highest BCUT2D eigenvalue weighted by atomic mass is 16.6. The van der Waals surface area contributed by atoms with Gasteiger partial charge in [-0.15, -0.1) is 0 Å². The summed E-state index contributed by atoms with van der Waals surface area (Å²) in [6, 6.07) is 9.96. The molecule has 2 aliphatic rings. The molecule has 0 aliphatic carbocycles. The van der Waals surface area contributed by atoms with E-state index in [9.17, 15) is 4.79 Å². The fourth-order valence-electron chi connectivity index (χ4n) is 3.70. The van der Waals surface area contributed by atoms with E-state index in [-0.39, 0.29) is 18.2 Å². The summed E-state index contributed by atoms with van der Waals surface area (Å²) in [7, 11) is 4.02. The number of aromatic nitrogens is 2. The fraction of sp³-hybridized carbons (Fsp3) is 0.476. The van der Waals surface area contributed by atoms with E-state index in [2.05, 4.69) is 37.6 Å². The Kier molecular flexibility index (Phi) is 6.01. The predicted molar refractivity (Wildman–Crippen MR) is 113 cm³/mol. The summed E-state index contributed by atoms with van der Waals surface area (Å²) in [5.74, 6) is 0.509. The lowest BCUT2D eigenvalue weighted by Gasteiger charge is -2.18. The maximum atomic E-state index is 11.7. The fourth-order valence-corrected chi connectivity index (χ4v) is 3.70. The quantitative estimate of drug-likeness (QED) is 0.741. The van der Waals surface area contributed by atoms with Crippen molar-refractivity contribution < 1.29 is 19.0 Å². The lowest BCUT2D eigenvalue weighted by molar-refractivity contribution is 0.00462. The van der Waals surface area contributed by atoms with E-state index in [4.69, 9.17) is 14.2 Å². The van der Waals surface area contributed by atoms with Crippen LogP contribution in [0.1, 0.15) is 6.92 Å². The zero-order valence-corrected chi connectivity index (χ0v) is 17.4. The van der Waals surface area contributed by atoms with Gasteiger partial charge >= 0.3 is 6.09 Å². The highest BCUT2D eigenvalue weighted by Gasteiger charge is 2.49. The van der Waals surface area contributed by atoms with Gasteiger partial charge in [0.15, 0.2) is 6.10 Å². The van der Waals surface area contributed by atoms with Crippen molar-refractivity contribution >= 4 is 17.7 Å². The van der Waals surface area contributed by atoms with Crippen LogP contribution in [0.4, 0.5) is 16.4 Å². The Hall–Kier alpha value is -2.91. The highest BCUT2D eigenvalue weighted by Crippen LogP contribution is 2.30. The molecular formula is C21H27N5O4. The molecule has 2 fully saturated rings. The molecule has 0 spiro atoms. The van der Waals surface area contributed by atoms with E-state index in [1.165, 1.54) is 0 Å². The maximum absolute atomic E-state index is 11.7. The summed E-state index contributed by atoms with van der Waals surface area (Å²) in [4.78, 5) is 22.7. The third-order valence-corrected chi connectivity index (χ3v) is 5.24. The molecule has 0 radical (unpaired) electrons. The van der Waals surface area contributed by atoms with Crippen LogP contribution in [0.5, 0.6) is 0 Å². The summed E-state index contributed by atoms with van der Waals surface area (Å²) in [5, 5.41) is 5.94. The second-order valence-electron chi connectivity index (χ2n) is 7.53. The topological polar surface area (TPSA) is 97.8 Å². The van der Waals surface area contributed by atoms with Crippen LogP contribution in [0.25, 0.3) is 11.3 Å². The van der Waals surface area contributed by atoms with Crippen LogP contribution >= 0.6 is 0 Å². The number of nitrogens with one attached hydrogen (secondary N) is 2. The second-order valence-corrected chi connectivity index (χ2v) is 7.53. The van der Waals surface area contributed by atoms with E-state index < -0.39 is 12.2 Å². The molecular weight excluding hydrogens is 386 g/mol. The summed E-state index contributed by atoms with van der Waals surface area (Å²) in [6.07, 6.45) is 0.329. The molecule has 1 aromatic heterocycles. The van der Waals surface area contributed by atoms with Gasteiger partial charge in [0.2, 0.25) is 5.95 Å². The van der Waals surface area contributed by atoms with E-state index >= 15 is 0 Å². The smallest absolute Gasteiger partial charge is 0.407 e. The number of fused-ring (bicyclic) bond motifs is 1. The lowest BCUT2D eigenvalue weighted by atomic mass is 10.1. The first kappa shape index (κ1) is 20.4. The van der Waals surface area contributed by atoms with Crippen LogP contribution < -0.4 is 15.5 Å². The van der Waals surface area contributed by atoms with Gasteiger partial charge in [-0.3, -0.25) is 0 Å². The molecule has 3 heterocycles. The zero-order chi connectivity index (χ0) is 21.1. The number of anilines is 2. The minimum Gasteiger partial charge on any atom is -0.441 e. The number of rotatable bonds is 6. The normalized spacial score (nSPS) is 24.9. The van der Waals surface area contributed by atoms with Crippen molar-refractivity contribution in [2.45, 2.75) is 31.3 Å². The molecule has 2 aromatic rings. The van der Waals surface area contributed by atoms with Crippen molar-refractivity contribution in [1.29, 1.82) is 0 Å². The minimum atomic E-state index is -0.455. The first-order chi connectivity index (χ1) is 14.5. The van der Waals surface area contributed by atoms with Crippen molar-refractivity contribution in [1.82, 2.24) is 15.3 Å². The molecule has 4 rings (SSSR count). The van der Waals surface area contributed by atoms with Crippen molar-refractivity contribution in [3.63, 3.8) is 0 Å². The van der Waals surface area contributed by atoms with E-state index in [0.717, 1.165) is 16.9 Å². The Morgan fingerprint density at radius 1 is 1.17 bits per heavy atom. The molecule has 9 heteroatoms. The zero-order valence-electron chi connectivity index (χ0n) is 17.4. The van der Waals surface area contributed by atoms with Crippen LogP contribution in [-0.2, 0) is 14.2 Å². The molecule has 9 nitrogen and oxygen atoms in total. The van der Waals surface area contributed by atoms with Crippen molar-refractivity contribution in [2.75, 3.05) is 44.1 Å². The Bertz CT molecular complexity index is 876. The molecule has 2 N–H and O–H groups in total. The number of amides is 1. The Labute approximate surface area is 175 Å². The summed E-state index contributed by atoms with van der Waals surface area (Å²) in [5.41, 5.74) is 2.97. The minimum absolute atomic E-state index is 0.121. The largest absolute Gasteiger partial charge is 0.441 e. The van der Waals surface area contributed by atoms with E-state index in [1.807, 2.05) is 39.2 Å². The average molecular weight is 413 g/mol. The number of ether oxygens (including phenoxy) is 3. The Morgan fingerprint density at radius 2 is 1.93 bits per heavy atom. The van der Waals surface area contributed by atoms with Gasteiger partial charge in [-0.05, 0) is 25.1 Å². The van der Waals surface area contributed by atoms with Crippen LogP contribution in [-0.4, -0.2) is 74.3 Å². The number of carbonyl (C=O) groups is 1. The van der Waals surface area contributed by atoms with Crippen LogP contribution in [0, 0.1) is 0 Å². The molecule has 2 saturated heterocycles. The molecule has 0 unspecified atom stereocenters. The summed E-state index contributed by atoms with van der Waals surface area (Å²) >= 11 is 0. The first-order valence-electron chi connectivity index (χ1n) is 10.1. The highest BCUT2D eigenvalue weighted by molar-refractivity contribution is 5.67. The number of hydrogen-bond acceptors (Lipinski definition) is 8. The number of carbonyl (C=O) groups excluding carboxylic acids is 1. The number of benzene rings is 1. The molecule has 4 atom stereocenters. The van der Waals surface area contributed by atoms with Gasteiger partial charge in [0.1, 0.15) is 12.2 Å². The van der Waals surface area contributed by atoms with E-state index in [0.29, 0.717) is 25.7 Å². The molecule has 0 saturated carbocycles. The second kappa shape index (κ2) is 8.85. The molecule has 2 aliphatic heterocycles. The third-order valence-electron chi connectivity index (χ3n) is 5.24. The third kappa shape index (κ3) is 4.31. The van der Waals surface area contributed by atoms with Gasteiger partial charge in [0.25, 0.3) is 0 Å². The van der Waals surface area contributed by atoms with Crippen molar-refractivity contribution in [2.24, 2.45) is 0 Å². The standard InChI is InChI=1S/C21H27N5O4/c1-4-22-21(27)30-17-12-29-18-16(11-28-19(17)18)25-20-23-10-9-15(24-20)13-5-7-14(8-6-13)26(2)3/h5-10,16-19H,4,11-12H2,1-3H3,(H,22,27)(H,23,24,25)/t16-,17+,18+,19+/m0/s1. The van der Waals surface area contributed by atoms with Crippen LogP contribution in [0.2, 0.25) is 0 Å². The Morgan fingerprint density at radius 3 is 2.67 bits per heavy atom. The Balaban J connectivity index is 1.41.